The van der Waals surface area contributed by atoms with E-state index in [1.165, 1.54) is 5.56 Å². The topological polar surface area (TPSA) is 46.3 Å². The van der Waals surface area contributed by atoms with Crippen LogP contribution in [0, 0.1) is 5.41 Å². The second-order valence-corrected chi connectivity index (χ2v) is 5.40. The van der Waals surface area contributed by atoms with Crippen LogP contribution in [0.4, 0.5) is 0 Å². The van der Waals surface area contributed by atoms with Crippen LogP contribution in [-0.4, -0.2) is 23.9 Å². The minimum atomic E-state index is -0.399. The van der Waals surface area contributed by atoms with Gasteiger partial charge < -0.3 is 10.6 Å². The SMILES string of the molecule is CCCN(Cc1ccccc1)C(=O)C(CC)(CC)CN. The van der Waals surface area contributed by atoms with Crippen LogP contribution in [0.25, 0.3) is 0 Å². The van der Waals surface area contributed by atoms with Gasteiger partial charge >= 0.3 is 0 Å². The number of rotatable bonds is 8. The average molecular weight is 276 g/mol. The highest BCUT2D eigenvalue weighted by Crippen LogP contribution is 2.28. The summed E-state index contributed by atoms with van der Waals surface area (Å²) in [6.45, 7) is 8.10. The minimum Gasteiger partial charge on any atom is -0.338 e. The molecule has 0 spiro atoms. The van der Waals surface area contributed by atoms with E-state index in [9.17, 15) is 4.79 Å². The van der Waals surface area contributed by atoms with Crippen LogP contribution in [0.1, 0.15) is 45.6 Å². The maximum absolute atomic E-state index is 12.9. The van der Waals surface area contributed by atoms with Crippen molar-refractivity contribution in [3.05, 3.63) is 35.9 Å². The van der Waals surface area contributed by atoms with Crippen LogP contribution in [0.15, 0.2) is 30.3 Å². The lowest BCUT2D eigenvalue weighted by Gasteiger charge is -2.35. The molecule has 3 heteroatoms. The van der Waals surface area contributed by atoms with Gasteiger partial charge in [-0.15, -0.1) is 0 Å². The molecule has 3 nitrogen and oxygen atoms in total. The Hall–Kier alpha value is -1.35. The van der Waals surface area contributed by atoms with Crippen LogP contribution >= 0.6 is 0 Å². The zero-order valence-corrected chi connectivity index (χ0v) is 13.1. The maximum atomic E-state index is 12.9. The summed E-state index contributed by atoms with van der Waals surface area (Å²) in [5.74, 6) is 0.204. The Bertz CT molecular complexity index is 390. The third-order valence-electron chi connectivity index (χ3n) is 4.19. The molecule has 0 radical (unpaired) electrons. The molecule has 20 heavy (non-hydrogen) atoms. The van der Waals surface area contributed by atoms with Crippen molar-refractivity contribution in [2.45, 2.75) is 46.6 Å². The van der Waals surface area contributed by atoms with E-state index in [4.69, 9.17) is 5.73 Å². The molecule has 0 aliphatic rings. The van der Waals surface area contributed by atoms with Crippen molar-refractivity contribution < 1.29 is 4.79 Å². The number of nitrogens with two attached hydrogens (primary N) is 1. The molecule has 0 heterocycles. The quantitative estimate of drug-likeness (QED) is 0.792. The molecule has 0 saturated heterocycles. The summed E-state index contributed by atoms with van der Waals surface area (Å²) in [6.07, 6.45) is 2.56. The van der Waals surface area contributed by atoms with Gasteiger partial charge in [-0.1, -0.05) is 51.1 Å². The fourth-order valence-corrected chi connectivity index (χ4v) is 2.59. The Morgan fingerprint density at radius 2 is 1.75 bits per heavy atom. The van der Waals surface area contributed by atoms with Gasteiger partial charge in [-0.25, -0.2) is 0 Å². The van der Waals surface area contributed by atoms with Crippen molar-refractivity contribution in [2.24, 2.45) is 11.1 Å². The van der Waals surface area contributed by atoms with E-state index in [-0.39, 0.29) is 5.91 Å². The Kier molecular flexibility index (Phi) is 6.73. The highest BCUT2D eigenvalue weighted by molar-refractivity contribution is 5.83. The van der Waals surface area contributed by atoms with Crippen LogP contribution < -0.4 is 5.73 Å². The van der Waals surface area contributed by atoms with Gasteiger partial charge in [-0.3, -0.25) is 4.79 Å². The lowest BCUT2D eigenvalue weighted by atomic mass is 9.80. The molecule has 1 rings (SSSR count). The molecule has 0 unspecified atom stereocenters. The molecule has 0 saturated carbocycles. The number of nitrogens with zero attached hydrogens (tertiary/aromatic N) is 1. The van der Waals surface area contributed by atoms with Crippen LogP contribution in [0.5, 0.6) is 0 Å². The predicted octanol–water partition coefficient (Wildman–Crippen LogP) is 3.19. The van der Waals surface area contributed by atoms with Gasteiger partial charge in [0.15, 0.2) is 0 Å². The Morgan fingerprint density at radius 3 is 2.20 bits per heavy atom. The molecule has 1 aromatic rings. The predicted molar refractivity (Wildman–Crippen MR) is 84.2 cm³/mol. The Balaban J connectivity index is 2.92. The number of hydrogen-bond donors (Lipinski definition) is 1. The second kappa shape index (κ2) is 8.05. The van der Waals surface area contributed by atoms with Crippen LogP contribution in [-0.2, 0) is 11.3 Å². The molecule has 112 valence electrons. The molecule has 1 aromatic carbocycles. The lowest BCUT2D eigenvalue weighted by Crippen LogP contribution is -2.47. The van der Waals surface area contributed by atoms with E-state index in [2.05, 4.69) is 32.9 Å². The zero-order chi connectivity index (χ0) is 15.0. The molecule has 0 bridgehead atoms. The van der Waals surface area contributed by atoms with E-state index in [1.807, 2.05) is 23.1 Å². The van der Waals surface area contributed by atoms with Crippen molar-refractivity contribution in [3.63, 3.8) is 0 Å². The van der Waals surface area contributed by atoms with E-state index in [1.54, 1.807) is 0 Å². The number of benzene rings is 1. The molecule has 0 aromatic heterocycles. The summed E-state index contributed by atoms with van der Waals surface area (Å²) < 4.78 is 0. The maximum Gasteiger partial charge on any atom is 0.230 e. The standard InChI is InChI=1S/C17H28N2O/c1-4-12-19(13-15-10-8-7-9-11-15)16(20)17(5-2,6-3)14-18/h7-11H,4-6,12-14,18H2,1-3H3. The van der Waals surface area contributed by atoms with Gasteiger partial charge in [0.2, 0.25) is 5.91 Å². The molecule has 0 aliphatic carbocycles. The van der Waals surface area contributed by atoms with Gasteiger partial charge in [-0.2, -0.15) is 0 Å². The fourth-order valence-electron chi connectivity index (χ4n) is 2.59. The first-order valence-corrected chi connectivity index (χ1v) is 7.66. The van der Waals surface area contributed by atoms with Gasteiger partial charge in [0.1, 0.15) is 0 Å². The Morgan fingerprint density at radius 1 is 1.15 bits per heavy atom. The van der Waals surface area contributed by atoms with Gasteiger partial charge in [0.25, 0.3) is 0 Å². The third-order valence-corrected chi connectivity index (χ3v) is 4.19. The fraction of sp³-hybridized carbons (Fsp3) is 0.588. The zero-order valence-electron chi connectivity index (χ0n) is 13.1. The average Bonchev–Trinajstić information content (AvgIpc) is 2.50. The van der Waals surface area contributed by atoms with E-state index >= 15 is 0 Å². The lowest BCUT2D eigenvalue weighted by molar-refractivity contribution is -0.143. The van der Waals surface area contributed by atoms with Crippen molar-refractivity contribution in [3.8, 4) is 0 Å². The largest absolute Gasteiger partial charge is 0.338 e. The number of hydrogen-bond acceptors (Lipinski definition) is 2. The highest BCUT2D eigenvalue weighted by atomic mass is 16.2. The molecule has 0 aliphatic heterocycles. The summed E-state index contributed by atoms with van der Waals surface area (Å²) in [4.78, 5) is 14.9. The highest BCUT2D eigenvalue weighted by Gasteiger charge is 2.36. The van der Waals surface area contributed by atoms with E-state index in [0.29, 0.717) is 13.1 Å². The minimum absolute atomic E-state index is 0.204. The van der Waals surface area contributed by atoms with Crippen molar-refractivity contribution in [1.82, 2.24) is 4.90 Å². The Labute approximate surface area is 123 Å². The van der Waals surface area contributed by atoms with Crippen LogP contribution in [0.2, 0.25) is 0 Å². The van der Waals surface area contributed by atoms with Gasteiger partial charge in [0, 0.05) is 19.6 Å². The smallest absolute Gasteiger partial charge is 0.230 e. The number of carbonyl (C=O) groups excluding carboxylic acids is 1. The summed E-state index contributed by atoms with van der Waals surface area (Å²) in [5.41, 5.74) is 6.68. The first kappa shape index (κ1) is 16.7. The van der Waals surface area contributed by atoms with E-state index < -0.39 is 5.41 Å². The molecule has 2 N–H and O–H groups in total. The molecule has 0 fully saturated rings. The normalized spacial score (nSPS) is 11.4. The monoisotopic (exact) mass is 276 g/mol. The second-order valence-electron chi connectivity index (χ2n) is 5.40. The molecule has 0 atom stereocenters. The first-order chi connectivity index (χ1) is 9.63. The van der Waals surface area contributed by atoms with Crippen molar-refractivity contribution >= 4 is 5.91 Å². The molecular formula is C17H28N2O. The molecule has 1 amide bonds. The summed E-state index contributed by atoms with van der Waals surface area (Å²) >= 11 is 0. The number of carbonyl (C=O) groups is 1. The van der Waals surface area contributed by atoms with E-state index in [0.717, 1.165) is 25.8 Å². The first-order valence-electron chi connectivity index (χ1n) is 7.66. The van der Waals surface area contributed by atoms with Gasteiger partial charge in [-0.05, 0) is 24.8 Å². The van der Waals surface area contributed by atoms with Crippen molar-refractivity contribution in [1.29, 1.82) is 0 Å². The number of amides is 1. The van der Waals surface area contributed by atoms with Gasteiger partial charge in [0.05, 0.1) is 5.41 Å². The molecular weight excluding hydrogens is 248 g/mol. The summed E-state index contributed by atoms with van der Waals surface area (Å²) in [5, 5.41) is 0. The van der Waals surface area contributed by atoms with Crippen LogP contribution in [0.3, 0.4) is 0 Å². The third kappa shape index (κ3) is 3.83. The summed E-state index contributed by atoms with van der Waals surface area (Å²) in [6, 6.07) is 10.2. The summed E-state index contributed by atoms with van der Waals surface area (Å²) in [7, 11) is 0. The van der Waals surface area contributed by atoms with Crippen molar-refractivity contribution in [2.75, 3.05) is 13.1 Å².